The largest absolute Gasteiger partial charge is 0.497 e. The van der Waals surface area contributed by atoms with E-state index < -0.39 is 35.0 Å². The monoisotopic (exact) mass is 625 g/mol. The molecule has 0 spiro atoms. The quantitative estimate of drug-likeness (QED) is 0.177. The lowest BCUT2D eigenvalue weighted by Crippen LogP contribution is -2.12. The van der Waals surface area contributed by atoms with E-state index in [2.05, 4.69) is 0 Å². The van der Waals surface area contributed by atoms with Gasteiger partial charge in [0.05, 0.1) is 36.7 Å². The van der Waals surface area contributed by atoms with Crippen LogP contribution in [0.2, 0.25) is 0 Å². The second-order valence-corrected chi connectivity index (χ2v) is 10.0. The Hall–Kier alpha value is -5.26. The number of methoxy groups -OCH3 is 2. The predicted molar refractivity (Wildman–Crippen MR) is 156 cm³/mol. The molecule has 0 saturated heterocycles. The maximum absolute atomic E-state index is 13.9. The number of ether oxygens (including phenoxy) is 2. The number of imidazole rings is 1. The summed E-state index contributed by atoms with van der Waals surface area (Å²) in [6.45, 7) is -0.0461. The molecule has 0 bridgehead atoms. The van der Waals surface area contributed by atoms with Gasteiger partial charge in [0.25, 0.3) is 0 Å². The first-order valence-electron chi connectivity index (χ1n) is 13.4. The molecular weight excluding hydrogens is 600 g/mol. The molecule has 12 heteroatoms. The third kappa shape index (κ3) is 6.64. The standard InChI is InChI=1S/C33H25F6N3O3/c1-44-26-7-3-5-21(15-26)28-29(22-6-4-8-27(16-22)45-2)42(18-19-9-11-20(12-10-19)30(40)43)31(41-28)23-13-24(32(34,35)36)17-25(14-23)33(37,38)39/h3-17H,18H2,1-2H3,(H2,40,43). The van der Waals surface area contributed by atoms with Crippen molar-refractivity contribution >= 4 is 5.91 Å². The van der Waals surface area contributed by atoms with Crippen molar-refractivity contribution < 1.29 is 40.6 Å². The van der Waals surface area contributed by atoms with Crippen LogP contribution in [0.3, 0.4) is 0 Å². The Morgan fingerprint density at radius 2 is 1.27 bits per heavy atom. The van der Waals surface area contributed by atoms with Crippen molar-refractivity contribution in [1.82, 2.24) is 9.55 Å². The zero-order chi connectivity index (χ0) is 32.5. The van der Waals surface area contributed by atoms with Crippen LogP contribution in [0.1, 0.15) is 27.0 Å². The molecule has 1 heterocycles. The Morgan fingerprint density at radius 1 is 0.733 bits per heavy atom. The van der Waals surface area contributed by atoms with E-state index in [1.165, 1.54) is 26.4 Å². The summed E-state index contributed by atoms with van der Waals surface area (Å²) in [5.41, 5.74) is 4.52. The predicted octanol–water partition coefficient (Wildman–Crippen LogP) is 8.09. The molecule has 232 valence electrons. The molecule has 45 heavy (non-hydrogen) atoms. The molecule has 0 atom stereocenters. The Kier molecular flexibility index (Phi) is 8.33. The molecule has 0 aliphatic carbocycles. The van der Waals surface area contributed by atoms with Crippen molar-refractivity contribution in [3.8, 4) is 45.4 Å². The fraction of sp³-hybridized carbons (Fsp3) is 0.152. The summed E-state index contributed by atoms with van der Waals surface area (Å²) in [5.74, 6) is 0.107. The van der Waals surface area contributed by atoms with Crippen LogP contribution < -0.4 is 15.2 Å². The summed E-state index contributed by atoms with van der Waals surface area (Å²) in [6, 6.07) is 21.1. The smallest absolute Gasteiger partial charge is 0.416 e. The van der Waals surface area contributed by atoms with Gasteiger partial charge in [-0.1, -0.05) is 36.4 Å². The number of benzene rings is 4. The van der Waals surface area contributed by atoms with Gasteiger partial charge in [0.15, 0.2) is 0 Å². The van der Waals surface area contributed by atoms with Gasteiger partial charge in [0.2, 0.25) is 5.91 Å². The van der Waals surface area contributed by atoms with E-state index in [4.69, 9.17) is 20.2 Å². The van der Waals surface area contributed by atoms with Gasteiger partial charge in [-0.15, -0.1) is 0 Å². The van der Waals surface area contributed by atoms with Gasteiger partial charge in [-0.05, 0) is 60.2 Å². The molecule has 0 radical (unpaired) electrons. The minimum atomic E-state index is -5.07. The fourth-order valence-electron chi connectivity index (χ4n) is 4.90. The van der Waals surface area contributed by atoms with Gasteiger partial charge in [-0.3, -0.25) is 4.79 Å². The molecule has 0 aliphatic rings. The van der Waals surface area contributed by atoms with Gasteiger partial charge < -0.3 is 19.8 Å². The van der Waals surface area contributed by atoms with Crippen LogP contribution in [0, 0.1) is 0 Å². The van der Waals surface area contributed by atoms with Crippen molar-refractivity contribution in [3.05, 3.63) is 113 Å². The highest BCUT2D eigenvalue weighted by Crippen LogP contribution is 2.42. The maximum atomic E-state index is 13.9. The van der Waals surface area contributed by atoms with Crippen molar-refractivity contribution in [2.75, 3.05) is 14.2 Å². The molecule has 0 unspecified atom stereocenters. The summed E-state index contributed by atoms with van der Waals surface area (Å²) in [5, 5.41) is 0. The van der Waals surface area contributed by atoms with E-state index in [1.54, 1.807) is 65.2 Å². The van der Waals surface area contributed by atoms with E-state index >= 15 is 0 Å². The van der Waals surface area contributed by atoms with Gasteiger partial charge in [-0.25, -0.2) is 4.98 Å². The number of nitrogens with zero attached hydrogens (tertiary/aromatic N) is 2. The summed E-state index contributed by atoms with van der Waals surface area (Å²) < 4.78 is 95.9. The number of alkyl halides is 6. The maximum Gasteiger partial charge on any atom is 0.416 e. The van der Waals surface area contributed by atoms with Crippen LogP contribution in [-0.2, 0) is 18.9 Å². The number of hydrogen-bond acceptors (Lipinski definition) is 4. The van der Waals surface area contributed by atoms with Crippen molar-refractivity contribution in [3.63, 3.8) is 0 Å². The van der Waals surface area contributed by atoms with E-state index in [1.807, 2.05) is 0 Å². The average molecular weight is 626 g/mol. The first-order chi connectivity index (χ1) is 21.3. The molecule has 6 nitrogen and oxygen atoms in total. The fourth-order valence-corrected chi connectivity index (χ4v) is 4.90. The topological polar surface area (TPSA) is 79.4 Å². The minimum Gasteiger partial charge on any atom is -0.497 e. The Labute approximate surface area is 253 Å². The first kappa shape index (κ1) is 31.2. The third-order valence-electron chi connectivity index (χ3n) is 7.08. The second kappa shape index (κ2) is 12.0. The van der Waals surface area contributed by atoms with E-state index in [0.29, 0.717) is 46.0 Å². The summed E-state index contributed by atoms with van der Waals surface area (Å²) in [6.07, 6.45) is -10.1. The van der Waals surface area contributed by atoms with Crippen LogP contribution in [0.4, 0.5) is 26.3 Å². The van der Waals surface area contributed by atoms with Gasteiger partial charge >= 0.3 is 12.4 Å². The van der Waals surface area contributed by atoms with Crippen LogP contribution in [0.15, 0.2) is 91.0 Å². The molecule has 0 fully saturated rings. The number of hydrogen-bond donors (Lipinski definition) is 1. The average Bonchev–Trinajstić information content (AvgIpc) is 3.39. The SMILES string of the molecule is COc1cccc(-c2nc(-c3cc(C(F)(F)F)cc(C(F)(F)F)c3)n(Cc3ccc(C(N)=O)cc3)c2-c2cccc(OC)c2)c1. The Bertz CT molecular complexity index is 1830. The normalized spacial score (nSPS) is 11.8. The number of carbonyl (C=O) groups is 1. The number of primary amides is 1. The highest BCUT2D eigenvalue weighted by Gasteiger charge is 2.38. The van der Waals surface area contributed by atoms with Crippen LogP contribution in [0.25, 0.3) is 33.9 Å². The second-order valence-electron chi connectivity index (χ2n) is 10.0. The number of carbonyl (C=O) groups excluding carboxylic acids is 1. The lowest BCUT2D eigenvalue weighted by molar-refractivity contribution is -0.143. The van der Waals surface area contributed by atoms with Crippen LogP contribution in [-0.4, -0.2) is 29.7 Å². The van der Waals surface area contributed by atoms with E-state index in [-0.39, 0.29) is 29.7 Å². The number of rotatable bonds is 8. The zero-order valence-electron chi connectivity index (χ0n) is 23.8. The third-order valence-corrected chi connectivity index (χ3v) is 7.08. The van der Waals surface area contributed by atoms with Crippen molar-refractivity contribution in [1.29, 1.82) is 0 Å². The molecule has 4 aromatic carbocycles. The Morgan fingerprint density at radius 3 is 1.78 bits per heavy atom. The first-order valence-corrected chi connectivity index (χ1v) is 13.4. The van der Waals surface area contributed by atoms with Gasteiger partial charge in [-0.2, -0.15) is 26.3 Å². The number of aromatic nitrogens is 2. The molecule has 5 rings (SSSR count). The summed E-state index contributed by atoms with van der Waals surface area (Å²) in [7, 11) is 2.93. The van der Waals surface area contributed by atoms with Crippen molar-refractivity contribution in [2.45, 2.75) is 18.9 Å². The summed E-state index contributed by atoms with van der Waals surface area (Å²) in [4.78, 5) is 16.4. The molecule has 5 aromatic rings. The molecule has 0 aliphatic heterocycles. The zero-order valence-corrected chi connectivity index (χ0v) is 23.8. The highest BCUT2D eigenvalue weighted by atomic mass is 19.4. The van der Waals surface area contributed by atoms with E-state index in [9.17, 15) is 31.1 Å². The molecule has 1 aromatic heterocycles. The number of nitrogens with two attached hydrogens (primary N) is 1. The number of amides is 1. The lowest BCUT2D eigenvalue weighted by atomic mass is 10.0. The minimum absolute atomic E-state index is 0.0461. The Balaban J connectivity index is 1.87. The number of halogens is 6. The lowest BCUT2D eigenvalue weighted by Gasteiger charge is -2.17. The van der Waals surface area contributed by atoms with E-state index in [0.717, 1.165) is 0 Å². The van der Waals surface area contributed by atoms with Crippen LogP contribution in [0.5, 0.6) is 11.5 Å². The molecule has 2 N–H and O–H groups in total. The van der Waals surface area contributed by atoms with Gasteiger partial charge in [0.1, 0.15) is 17.3 Å². The summed E-state index contributed by atoms with van der Waals surface area (Å²) >= 11 is 0. The molecule has 0 saturated carbocycles. The van der Waals surface area contributed by atoms with Crippen molar-refractivity contribution in [2.24, 2.45) is 5.73 Å². The van der Waals surface area contributed by atoms with Crippen LogP contribution >= 0.6 is 0 Å². The van der Waals surface area contributed by atoms with Gasteiger partial charge in [0, 0.05) is 28.8 Å². The highest BCUT2D eigenvalue weighted by molar-refractivity contribution is 5.92. The molecular formula is C33H25F6N3O3. The molecule has 1 amide bonds.